The predicted octanol–water partition coefficient (Wildman–Crippen LogP) is 2.41. The number of methoxy groups -OCH3 is 1. The number of hydrogen-bond donors (Lipinski definition) is 0. The lowest BCUT2D eigenvalue weighted by Gasteiger charge is -2.10. The van der Waals surface area contributed by atoms with Crippen LogP contribution in [0.4, 0.5) is 0 Å². The normalized spacial score (nSPS) is 13.7. The van der Waals surface area contributed by atoms with Gasteiger partial charge in [0.05, 0.1) is 12.7 Å². The molecule has 15 heavy (non-hydrogen) atoms. The molecule has 1 aromatic rings. The lowest BCUT2D eigenvalue weighted by Crippen LogP contribution is -2.02. The van der Waals surface area contributed by atoms with Crippen molar-refractivity contribution in [2.75, 3.05) is 7.11 Å². The Hall–Kier alpha value is -1.22. The number of benzene rings is 1. The first kappa shape index (κ1) is 10.3. The smallest absolute Gasteiger partial charge is 0.339 e. The van der Waals surface area contributed by atoms with Crippen molar-refractivity contribution in [3.05, 3.63) is 28.3 Å². The van der Waals surface area contributed by atoms with Gasteiger partial charge in [0.15, 0.2) is 0 Å². The van der Waals surface area contributed by atoms with E-state index < -0.39 is 0 Å². The van der Waals surface area contributed by atoms with Crippen LogP contribution in [0.25, 0.3) is 0 Å². The predicted molar refractivity (Wildman–Crippen MR) is 56.4 cm³/mol. The minimum Gasteiger partial charge on any atom is -0.496 e. The van der Waals surface area contributed by atoms with Crippen molar-refractivity contribution in [1.29, 1.82) is 0 Å². The van der Waals surface area contributed by atoms with Gasteiger partial charge in [-0.05, 0) is 24.1 Å². The SMILES string of the molecule is COc1cc(C)c(CCl)c2c1COC2=O. The van der Waals surface area contributed by atoms with Crippen molar-refractivity contribution < 1.29 is 14.3 Å². The zero-order valence-corrected chi connectivity index (χ0v) is 9.35. The van der Waals surface area contributed by atoms with Gasteiger partial charge in [0.25, 0.3) is 0 Å². The Morgan fingerprint density at radius 2 is 2.33 bits per heavy atom. The number of esters is 1. The number of halogens is 1. The Balaban J connectivity index is 2.71. The molecule has 2 rings (SSSR count). The summed E-state index contributed by atoms with van der Waals surface area (Å²) in [5.41, 5.74) is 3.19. The summed E-state index contributed by atoms with van der Waals surface area (Å²) in [5, 5.41) is 0. The van der Waals surface area contributed by atoms with Crippen LogP contribution in [-0.2, 0) is 17.2 Å². The van der Waals surface area contributed by atoms with Gasteiger partial charge in [-0.1, -0.05) is 0 Å². The topological polar surface area (TPSA) is 35.5 Å². The van der Waals surface area contributed by atoms with Crippen LogP contribution in [0.2, 0.25) is 0 Å². The number of alkyl halides is 1. The van der Waals surface area contributed by atoms with Crippen LogP contribution in [0.5, 0.6) is 5.75 Å². The molecule has 3 nitrogen and oxygen atoms in total. The van der Waals surface area contributed by atoms with Gasteiger partial charge < -0.3 is 9.47 Å². The second-order valence-electron chi connectivity index (χ2n) is 3.44. The van der Waals surface area contributed by atoms with Crippen molar-refractivity contribution in [3.63, 3.8) is 0 Å². The van der Waals surface area contributed by atoms with E-state index in [0.29, 0.717) is 17.2 Å². The molecular weight excluding hydrogens is 216 g/mol. The molecule has 0 radical (unpaired) electrons. The molecule has 1 aliphatic rings. The fraction of sp³-hybridized carbons (Fsp3) is 0.364. The van der Waals surface area contributed by atoms with Gasteiger partial charge in [-0.2, -0.15) is 0 Å². The maximum absolute atomic E-state index is 11.5. The molecule has 0 fully saturated rings. The fourth-order valence-electron chi connectivity index (χ4n) is 1.83. The molecule has 0 saturated heterocycles. The highest BCUT2D eigenvalue weighted by molar-refractivity contribution is 6.18. The first-order valence-corrected chi connectivity index (χ1v) is 5.15. The van der Waals surface area contributed by atoms with Crippen molar-refractivity contribution >= 4 is 17.6 Å². The van der Waals surface area contributed by atoms with Gasteiger partial charge in [0, 0.05) is 11.4 Å². The lowest BCUT2D eigenvalue weighted by atomic mass is 9.98. The van der Waals surface area contributed by atoms with Gasteiger partial charge in [0.2, 0.25) is 0 Å². The summed E-state index contributed by atoms with van der Waals surface area (Å²) >= 11 is 5.83. The third kappa shape index (κ3) is 1.47. The zero-order valence-electron chi connectivity index (χ0n) is 8.59. The number of rotatable bonds is 2. The van der Waals surface area contributed by atoms with E-state index >= 15 is 0 Å². The highest BCUT2D eigenvalue weighted by atomic mass is 35.5. The van der Waals surface area contributed by atoms with Gasteiger partial charge in [-0.3, -0.25) is 0 Å². The number of ether oxygens (including phenoxy) is 2. The number of cyclic esters (lactones) is 1. The molecule has 0 spiro atoms. The molecule has 0 N–H and O–H groups in total. The summed E-state index contributed by atoms with van der Waals surface area (Å²) in [6.07, 6.45) is 0. The van der Waals surface area contributed by atoms with E-state index in [0.717, 1.165) is 16.7 Å². The second-order valence-corrected chi connectivity index (χ2v) is 3.70. The number of carbonyl (C=O) groups is 1. The number of hydrogen-bond acceptors (Lipinski definition) is 3. The average molecular weight is 227 g/mol. The van der Waals surface area contributed by atoms with E-state index in [2.05, 4.69) is 0 Å². The first-order valence-electron chi connectivity index (χ1n) is 4.61. The summed E-state index contributed by atoms with van der Waals surface area (Å²) in [6.45, 7) is 2.19. The van der Waals surface area contributed by atoms with Crippen LogP contribution in [0.1, 0.15) is 27.0 Å². The Bertz CT molecular complexity index is 426. The van der Waals surface area contributed by atoms with E-state index in [1.54, 1.807) is 7.11 Å². The van der Waals surface area contributed by atoms with E-state index in [-0.39, 0.29) is 12.6 Å². The minimum atomic E-state index is -0.303. The van der Waals surface area contributed by atoms with Crippen LogP contribution in [0.15, 0.2) is 6.07 Å². The van der Waals surface area contributed by atoms with Crippen molar-refractivity contribution in [3.8, 4) is 5.75 Å². The minimum absolute atomic E-state index is 0.279. The molecule has 1 heterocycles. The molecule has 0 bridgehead atoms. The Labute approximate surface area is 92.9 Å². The first-order chi connectivity index (χ1) is 7.19. The van der Waals surface area contributed by atoms with Crippen LogP contribution < -0.4 is 4.74 Å². The zero-order chi connectivity index (χ0) is 11.0. The fourth-order valence-corrected chi connectivity index (χ4v) is 2.17. The van der Waals surface area contributed by atoms with Gasteiger partial charge in [0.1, 0.15) is 12.4 Å². The summed E-state index contributed by atoms with van der Waals surface area (Å²) < 4.78 is 10.2. The van der Waals surface area contributed by atoms with Gasteiger partial charge in [-0.15, -0.1) is 11.6 Å². The second kappa shape index (κ2) is 3.74. The Kier molecular flexibility index (Phi) is 2.57. The molecule has 0 atom stereocenters. The monoisotopic (exact) mass is 226 g/mol. The summed E-state index contributed by atoms with van der Waals surface area (Å²) in [5.74, 6) is 0.706. The van der Waals surface area contributed by atoms with Crippen LogP contribution >= 0.6 is 11.6 Å². The molecule has 80 valence electrons. The quantitative estimate of drug-likeness (QED) is 0.574. The van der Waals surface area contributed by atoms with Crippen molar-refractivity contribution in [2.24, 2.45) is 0 Å². The molecule has 0 saturated carbocycles. The molecule has 1 aromatic carbocycles. The molecule has 0 unspecified atom stereocenters. The summed E-state index contributed by atoms with van der Waals surface area (Å²) in [7, 11) is 1.58. The molecule has 0 aromatic heterocycles. The Morgan fingerprint density at radius 1 is 1.60 bits per heavy atom. The summed E-state index contributed by atoms with van der Waals surface area (Å²) in [6, 6.07) is 1.89. The van der Waals surface area contributed by atoms with Crippen LogP contribution in [-0.4, -0.2) is 13.1 Å². The highest BCUT2D eigenvalue weighted by Crippen LogP contribution is 2.34. The maximum Gasteiger partial charge on any atom is 0.339 e. The maximum atomic E-state index is 11.5. The van der Waals surface area contributed by atoms with Gasteiger partial charge >= 0.3 is 5.97 Å². The van der Waals surface area contributed by atoms with E-state index in [1.807, 2.05) is 13.0 Å². The Morgan fingerprint density at radius 3 is 2.93 bits per heavy atom. The molecule has 4 heteroatoms. The standard InChI is InChI=1S/C11H11ClO3/c1-6-3-9(14-2)8-5-15-11(13)10(8)7(6)4-12/h3H,4-5H2,1-2H3. The molecule has 1 aliphatic heterocycles. The average Bonchev–Trinajstić information content (AvgIpc) is 2.60. The van der Waals surface area contributed by atoms with E-state index in [4.69, 9.17) is 21.1 Å². The third-order valence-corrected chi connectivity index (χ3v) is 2.90. The summed E-state index contributed by atoms with van der Waals surface area (Å²) in [4.78, 5) is 11.5. The van der Waals surface area contributed by atoms with E-state index in [9.17, 15) is 4.79 Å². The highest BCUT2D eigenvalue weighted by Gasteiger charge is 2.28. The van der Waals surface area contributed by atoms with Crippen molar-refractivity contribution in [1.82, 2.24) is 0 Å². The third-order valence-electron chi connectivity index (χ3n) is 2.63. The number of carbonyl (C=O) groups excluding carboxylic acids is 1. The van der Waals surface area contributed by atoms with Gasteiger partial charge in [-0.25, -0.2) is 4.79 Å². The molecular formula is C11H11ClO3. The van der Waals surface area contributed by atoms with Crippen LogP contribution in [0.3, 0.4) is 0 Å². The van der Waals surface area contributed by atoms with Crippen LogP contribution in [0, 0.1) is 6.92 Å². The molecule has 0 aliphatic carbocycles. The van der Waals surface area contributed by atoms with Crippen molar-refractivity contribution in [2.45, 2.75) is 19.4 Å². The lowest BCUT2D eigenvalue weighted by molar-refractivity contribution is 0.0533. The molecule has 0 amide bonds. The van der Waals surface area contributed by atoms with E-state index in [1.165, 1.54) is 0 Å². The number of aryl methyl sites for hydroxylation is 1. The largest absolute Gasteiger partial charge is 0.496 e. The number of fused-ring (bicyclic) bond motifs is 1.